The Bertz CT molecular complexity index is 843. The SMILES string of the molecule is CCNC(=NCCCN1CCCC1C(=O)N(C)C)NCCc1c[nH]c2ccccc12. The highest BCUT2D eigenvalue weighted by Crippen LogP contribution is 2.19. The molecule has 7 nitrogen and oxygen atoms in total. The van der Waals surface area contributed by atoms with Crippen LogP contribution in [0.15, 0.2) is 35.5 Å². The minimum Gasteiger partial charge on any atom is -0.361 e. The van der Waals surface area contributed by atoms with E-state index in [1.165, 1.54) is 16.5 Å². The van der Waals surface area contributed by atoms with Crippen molar-refractivity contribution in [3.8, 4) is 0 Å². The number of likely N-dealkylation sites (tertiary alicyclic amines) is 1. The molecule has 3 N–H and O–H groups in total. The molecule has 0 radical (unpaired) electrons. The number of fused-ring (bicyclic) bond motifs is 1. The van der Waals surface area contributed by atoms with E-state index in [0.717, 1.165) is 64.4 Å². The number of nitrogens with one attached hydrogen (secondary N) is 3. The number of aromatic amines is 1. The largest absolute Gasteiger partial charge is 0.361 e. The highest BCUT2D eigenvalue weighted by molar-refractivity contribution is 5.83. The summed E-state index contributed by atoms with van der Waals surface area (Å²) >= 11 is 0. The number of likely N-dealkylation sites (N-methyl/N-ethyl adjacent to an activating group) is 1. The fraction of sp³-hybridized carbons (Fsp3) is 0.565. The van der Waals surface area contributed by atoms with Crippen molar-refractivity contribution in [1.82, 2.24) is 25.4 Å². The van der Waals surface area contributed by atoms with Crippen molar-refractivity contribution in [2.75, 3.05) is 46.8 Å². The number of nitrogens with zero attached hydrogens (tertiary/aromatic N) is 3. The summed E-state index contributed by atoms with van der Waals surface area (Å²) in [7, 11) is 3.68. The molecule has 1 saturated heterocycles. The van der Waals surface area contributed by atoms with Gasteiger partial charge in [0, 0.05) is 57.4 Å². The number of benzene rings is 1. The monoisotopic (exact) mass is 412 g/mol. The number of H-pyrrole nitrogens is 1. The summed E-state index contributed by atoms with van der Waals surface area (Å²) in [6, 6.07) is 8.45. The van der Waals surface area contributed by atoms with Crippen LogP contribution in [0.2, 0.25) is 0 Å². The lowest BCUT2D eigenvalue weighted by Crippen LogP contribution is -2.43. The summed E-state index contributed by atoms with van der Waals surface area (Å²) in [5, 5.41) is 8.06. The maximum atomic E-state index is 12.3. The third-order valence-corrected chi connectivity index (χ3v) is 5.67. The van der Waals surface area contributed by atoms with Gasteiger partial charge in [0.05, 0.1) is 6.04 Å². The minimum atomic E-state index is 0.0477. The quantitative estimate of drug-likeness (QED) is 0.335. The number of carbonyl (C=O) groups is 1. The number of rotatable bonds is 9. The van der Waals surface area contributed by atoms with Crippen molar-refractivity contribution in [3.05, 3.63) is 36.0 Å². The van der Waals surface area contributed by atoms with Crippen LogP contribution in [-0.4, -0.2) is 79.5 Å². The topological polar surface area (TPSA) is 75.8 Å². The smallest absolute Gasteiger partial charge is 0.239 e. The highest BCUT2D eigenvalue weighted by Gasteiger charge is 2.30. The Balaban J connectivity index is 1.44. The number of guanidine groups is 1. The average molecular weight is 413 g/mol. The summed E-state index contributed by atoms with van der Waals surface area (Å²) in [5.74, 6) is 1.09. The van der Waals surface area contributed by atoms with Gasteiger partial charge in [-0.1, -0.05) is 18.2 Å². The Morgan fingerprint density at radius 3 is 2.93 bits per heavy atom. The van der Waals surface area contributed by atoms with Crippen molar-refractivity contribution in [2.24, 2.45) is 4.99 Å². The van der Waals surface area contributed by atoms with Gasteiger partial charge in [-0.25, -0.2) is 0 Å². The molecule has 1 unspecified atom stereocenters. The third kappa shape index (κ3) is 5.75. The van der Waals surface area contributed by atoms with E-state index < -0.39 is 0 Å². The molecule has 0 aliphatic carbocycles. The Morgan fingerprint density at radius 1 is 1.30 bits per heavy atom. The summed E-state index contributed by atoms with van der Waals surface area (Å²) in [6.45, 7) is 6.43. The van der Waals surface area contributed by atoms with Crippen LogP contribution in [0, 0.1) is 0 Å². The van der Waals surface area contributed by atoms with Gasteiger partial charge in [-0.15, -0.1) is 0 Å². The molecule has 1 amide bonds. The summed E-state index contributed by atoms with van der Waals surface area (Å²) < 4.78 is 0. The highest BCUT2D eigenvalue weighted by atomic mass is 16.2. The van der Waals surface area contributed by atoms with Gasteiger partial charge in [-0.2, -0.15) is 0 Å². The third-order valence-electron chi connectivity index (χ3n) is 5.67. The van der Waals surface area contributed by atoms with Gasteiger partial charge < -0.3 is 20.5 Å². The van der Waals surface area contributed by atoms with Gasteiger partial charge in [0.2, 0.25) is 5.91 Å². The molecule has 1 aromatic heterocycles. The van der Waals surface area contributed by atoms with Crippen LogP contribution < -0.4 is 10.6 Å². The van der Waals surface area contributed by atoms with Crippen LogP contribution in [0.4, 0.5) is 0 Å². The van der Waals surface area contributed by atoms with Gasteiger partial charge >= 0.3 is 0 Å². The number of hydrogen-bond acceptors (Lipinski definition) is 3. The van der Waals surface area contributed by atoms with Crippen LogP contribution in [0.3, 0.4) is 0 Å². The van der Waals surface area contributed by atoms with E-state index in [4.69, 9.17) is 4.99 Å². The number of carbonyl (C=O) groups excluding carboxylic acids is 1. The molecule has 1 aromatic carbocycles. The maximum absolute atomic E-state index is 12.3. The van der Waals surface area contributed by atoms with E-state index in [-0.39, 0.29) is 11.9 Å². The van der Waals surface area contributed by atoms with Gasteiger partial charge in [0.1, 0.15) is 0 Å². The zero-order chi connectivity index (χ0) is 21.3. The van der Waals surface area contributed by atoms with Gasteiger partial charge in [0.25, 0.3) is 0 Å². The van der Waals surface area contributed by atoms with Crippen molar-refractivity contribution < 1.29 is 4.79 Å². The van der Waals surface area contributed by atoms with Crippen molar-refractivity contribution in [2.45, 2.75) is 38.6 Å². The van der Waals surface area contributed by atoms with Crippen LogP contribution in [0.5, 0.6) is 0 Å². The van der Waals surface area contributed by atoms with Crippen molar-refractivity contribution >= 4 is 22.8 Å². The minimum absolute atomic E-state index is 0.0477. The number of amides is 1. The molecule has 3 rings (SSSR count). The Morgan fingerprint density at radius 2 is 2.13 bits per heavy atom. The molecular weight excluding hydrogens is 376 g/mol. The fourth-order valence-corrected chi connectivity index (χ4v) is 4.13. The molecule has 1 aliphatic heterocycles. The molecule has 2 aromatic rings. The first-order valence-corrected chi connectivity index (χ1v) is 11.1. The van der Waals surface area contributed by atoms with Crippen LogP contribution >= 0.6 is 0 Å². The van der Waals surface area contributed by atoms with E-state index in [9.17, 15) is 4.79 Å². The Hall–Kier alpha value is -2.54. The number of hydrogen-bond donors (Lipinski definition) is 3. The van der Waals surface area contributed by atoms with E-state index in [2.05, 4.69) is 57.9 Å². The second kappa shape index (κ2) is 11.0. The second-order valence-electron chi connectivity index (χ2n) is 8.08. The zero-order valence-corrected chi connectivity index (χ0v) is 18.6. The maximum Gasteiger partial charge on any atom is 0.239 e. The molecule has 1 aliphatic rings. The molecule has 0 bridgehead atoms. The molecule has 0 saturated carbocycles. The molecule has 164 valence electrons. The van der Waals surface area contributed by atoms with Crippen molar-refractivity contribution in [1.29, 1.82) is 0 Å². The predicted molar refractivity (Wildman–Crippen MR) is 124 cm³/mol. The van der Waals surface area contributed by atoms with E-state index in [0.29, 0.717) is 0 Å². The lowest BCUT2D eigenvalue weighted by atomic mass is 10.1. The molecule has 1 atom stereocenters. The lowest BCUT2D eigenvalue weighted by Gasteiger charge is -2.25. The second-order valence-corrected chi connectivity index (χ2v) is 8.08. The average Bonchev–Trinajstić information content (AvgIpc) is 3.37. The molecule has 2 heterocycles. The normalized spacial score (nSPS) is 17.4. The number of para-hydroxylation sites is 1. The molecule has 30 heavy (non-hydrogen) atoms. The van der Waals surface area contributed by atoms with Crippen molar-refractivity contribution in [3.63, 3.8) is 0 Å². The Kier molecular flexibility index (Phi) is 8.13. The van der Waals surface area contributed by atoms with Crippen LogP contribution in [0.1, 0.15) is 31.7 Å². The standard InChI is InChI=1S/C23H36N6O/c1-4-24-23(26-14-12-18-17-27-20-10-6-5-9-19(18)20)25-13-8-16-29-15-7-11-21(29)22(30)28(2)3/h5-6,9-10,17,21,27H,4,7-8,11-16H2,1-3H3,(H2,24,25,26). The van der Waals surface area contributed by atoms with E-state index in [1.807, 2.05) is 14.1 Å². The lowest BCUT2D eigenvalue weighted by molar-refractivity contribution is -0.133. The number of aromatic nitrogens is 1. The zero-order valence-electron chi connectivity index (χ0n) is 18.6. The summed E-state index contributed by atoms with van der Waals surface area (Å²) in [5.41, 5.74) is 2.50. The summed E-state index contributed by atoms with van der Waals surface area (Å²) in [4.78, 5) is 24.4. The first kappa shape index (κ1) is 22.2. The predicted octanol–water partition coefficient (Wildman–Crippen LogP) is 2.21. The van der Waals surface area contributed by atoms with E-state index in [1.54, 1.807) is 4.90 Å². The molecular formula is C23H36N6O. The first-order valence-electron chi connectivity index (χ1n) is 11.1. The molecule has 7 heteroatoms. The van der Waals surface area contributed by atoms with Crippen LogP contribution in [-0.2, 0) is 11.2 Å². The fourth-order valence-electron chi connectivity index (χ4n) is 4.13. The Labute approximate surface area is 179 Å². The summed E-state index contributed by atoms with van der Waals surface area (Å²) in [6.07, 6.45) is 6.06. The molecule has 1 fully saturated rings. The van der Waals surface area contributed by atoms with E-state index >= 15 is 0 Å². The first-order chi connectivity index (χ1) is 14.6. The molecule has 0 spiro atoms. The van der Waals surface area contributed by atoms with Gasteiger partial charge in [-0.3, -0.25) is 14.7 Å². The van der Waals surface area contributed by atoms with Gasteiger partial charge in [-0.05, 0) is 50.8 Å². The van der Waals surface area contributed by atoms with Gasteiger partial charge in [0.15, 0.2) is 5.96 Å². The van der Waals surface area contributed by atoms with Crippen LogP contribution in [0.25, 0.3) is 10.9 Å². The number of aliphatic imine (C=N–C) groups is 1.